The van der Waals surface area contributed by atoms with E-state index < -0.39 is 0 Å². The molecule has 2 heteroatoms. The van der Waals surface area contributed by atoms with E-state index >= 15 is 0 Å². The molecule has 1 N–H and O–H groups in total. The van der Waals surface area contributed by atoms with Crippen molar-refractivity contribution in [2.24, 2.45) is 11.8 Å². The molecule has 0 heterocycles. The summed E-state index contributed by atoms with van der Waals surface area (Å²) in [6.07, 6.45) is 8.07. The van der Waals surface area contributed by atoms with Crippen LogP contribution in [0.3, 0.4) is 0 Å². The summed E-state index contributed by atoms with van der Waals surface area (Å²) in [4.78, 5) is 0. The Morgan fingerprint density at radius 1 is 1.25 bits per heavy atom. The van der Waals surface area contributed by atoms with Gasteiger partial charge in [-0.3, -0.25) is 0 Å². The quantitative estimate of drug-likeness (QED) is 0.579. The van der Waals surface area contributed by atoms with Gasteiger partial charge in [0.05, 0.1) is 0 Å². The molecule has 0 aromatic heterocycles. The smallest absolute Gasteiger partial charge is 0.0462 e. The Kier molecular flexibility index (Phi) is 7.06. The second kappa shape index (κ2) is 8.08. The Hall–Kier alpha value is -0.0800. The van der Waals surface area contributed by atoms with Gasteiger partial charge in [-0.1, -0.05) is 20.3 Å². The molecule has 0 spiro atoms. The van der Waals surface area contributed by atoms with Crippen molar-refractivity contribution in [2.45, 2.75) is 58.4 Å². The Labute approximate surface area is 101 Å². The first-order chi connectivity index (χ1) is 7.72. The van der Waals surface area contributed by atoms with Gasteiger partial charge in [0.2, 0.25) is 0 Å². The van der Waals surface area contributed by atoms with E-state index in [-0.39, 0.29) is 0 Å². The monoisotopic (exact) mass is 227 g/mol. The number of methoxy groups -OCH3 is 1. The SMILES string of the molecule is COCCCCC(CNC1CC1)CC(C)C. The minimum atomic E-state index is 0.827. The third-order valence-corrected chi connectivity index (χ3v) is 3.29. The molecule has 1 saturated carbocycles. The van der Waals surface area contributed by atoms with Gasteiger partial charge in [0.15, 0.2) is 0 Å². The Morgan fingerprint density at radius 3 is 2.56 bits per heavy atom. The topological polar surface area (TPSA) is 21.3 Å². The van der Waals surface area contributed by atoms with Crippen LogP contribution in [-0.2, 0) is 4.74 Å². The fourth-order valence-corrected chi connectivity index (χ4v) is 2.27. The molecule has 96 valence electrons. The van der Waals surface area contributed by atoms with Crippen LogP contribution < -0.4 is 5.32 Å². The van der Waals surface area contributed by atoms with E-state index in [1.165, 1.54) is 45.1 Å². The number of unbranched alkanes of at least 4 members (excludes halogenated alkanes) is 1. The van der Waals surface area contributed by atoms with Crippen LogP contribution >= 0.6 is 0 Å². The molecule has 1 atom stereocenters. The molecule has 0 saturated heterocycles. The molecular weight excluding hydrogens is 198 g/mol. The highest BCUT2D eigenvalue weighted by Crippen LogP contribution is 2.22. The summed E-state index contributed by atoms with van der Waals surface area (Å²) in [7, 11) is 1.79. The summed E-state index contributed by atoms with van der Waals surface area (Å²) >= 11 is 0. The van der Waals surface area contributed by atoms with Crippen LogP contribution in [0.2, 0.25) is 0 Å². The molecule has 1 aliphatic rings. The van der Waals surface area contributed by atoms with Crippen molar-refractivity contribution in [2.75, 3.05) is 20.3 Å². The van der Waals surface area contributed by atoms with Crippen molar-refractivity contribution < 1.29 is 4.74 Å². The van der Waals surface area contributed by atoms with Crippen LogP contribution in [0.4, 0.5) is 0 Å². The van der Waals surface area contributed by atoms with Crippen LogP contribution in [0.25, 0.3) is 0 Å². The van der Waals surface area contributed by atoms with Crippen molar-refractivity contribution in [3.8, 4) is 0 Å². The van der Waals surface area contributed by atoms with Crippen LogP contribution in [0.5, 0.6) is 0 Å². The molecule has 1 unspecified atom stereocenters. The first kappa shape index (κ1) is 14.0. The average molecular weight is 227 g/mol. The normalized spacial score (nSPS) is 18.0. The predicted molar refractivity (Wildman–Crippen MR) is 69.7 cm³/mol. The zero-order valence-corrected chi connectivity index (χ0v) is 11.3. The molecule has 0 bridgehead atoms. The zero-order chi connectivity index (χ0) is 11.8. The van der Waals surface area contributed by atoms with E-state index in [9.17, 15) is 0 Å². The summed E-state index contributed by atoms with van der Waals surface area (Å²) in [5.41, 5.74) is 0. The molecule has 0 radical (unpaired) electrons. The average Bonchev–Trinajstić information content (AvgIpc) is 3.03. The molecule has 0 aromatic carbocycles. The first-order valence-corrected chi connectivity index (χ1v) is 6.94. The Bertz CT molecular complexity index is 166. The second-order valence-corrected chi connectivity index (χ2v) is 5.67. The third-order valence-electron chi connectivity index (χ3n) is 3.29. The fraction of sp³-hybridized carbons (Fsp3) is 1.00. The maximum absolute atomic E-state index is 5.10. The second-order valence-electron chi connectivity index (χ2n) is 5.67. The van der Waals surface area contributed by atoms with E-state index in [2.05, 4.69) is 19.2 Å². The minimum absolute atomic E-state index is 0.827. The first-order valence-electron chi connectivity index (χ1n) is 6.94. The third kappa shape index (κ3) is 7.24. The standard InChI is InChI=1S/C14H29NO/c1-12(2)10-13(6-4-5-9-16-3)11-15-14-7-8-14/h12-15H,4-11H2,1-3H3. The van der Waals surface area contributed by atoms with E-state index in [1.54, 1.807) is 7.11 Å². The molecule has 0 aliphatic heterocycles. The molecule has 16 heavy (non-hydrogen) atoms. The van der Waals surface area contributed by atoms with Gasteiger partial charge in [0.25, 0.3) is 0 Å². The zero-order valence-electron chi connectivity index (χ0n) is 11.3. The lowest BCUT2D eigenvalue weighted by Gasteiger charge is -2.19. The van der Waals surface area contributed by atoms with Crippen molar-refractivity contribution in [1.29, 1.82) is 0 Å². The van der Waals surface area contributed by atoms with Gasteiger partial charge in [-0.15, -0.1) is 0 Å². The molecule has 0 amide bonds. The highest BCUT2D eigenvalue weighted by atomic mass is 16.5. The van der Waals surface area contributed by atoms with Crippen molar-refractivity contribution >= 4 is 0 Å². The molecular formula is C14H29NO. The van der Waals surface area contributed by atoms with Crippen LogP contribution in [0, 0.1) is 11.8 Å². The van der Waals surface area contributed by atoms with Crippen LogP contribution in [-0.4, -0.2) is 26.3 Å². The van der Waals surface area contributed by atoms with E-state index in [0.717, 1.165) is 24.5 Å². The maximum atomic E-state index is 5.10. The highest BCUT2D eigenvalue weighted by Gasteiger charge is 2.21. The van der Waals surface area contributed by atoms with Crippen LogP contribution in [0.1, 0.15) is 52.4 Å². The van der Waals surface area contributed by atoms with Gasteiger partial charge in [-0.05, 0) is 50.5 Å². The van der Waals surface area contributed by atoms with Gasteiger partial charge in [-0.2, -0.15) is 0 Å². The highest BCUT2D eigenvalue weighted by molar-refractivity contribution is 4.82. The van der Waals surface area contributed by atoms with Gasteiger partial charge >= 0.3 is 0 Å². The summed E-state index contributed by atoms with van der Waals surface area (Å²) in [5.74, 6) is 1.70. The molecule has 1 aliphatic carbocycles. The Balaban J connectivity index is 2.08. The number of hydrogen-bond acceptors (Lipinski definition) is 2. The Morgan fingerprint density at radius 2 is 2.00 bits per heavy atom. The van der Waals surface area contributed by atoms with Crippen molar-refractivity contribution in [1.82, 2.24) is 5.32 Å². The van der Waals surface area contributed by atoms with E-state index in [4.69, 9.17) is 4.74 Å². The summed E-state index contributed by atoms with van der Waals surface area (Å²) in [6, 6.07) is 0.855. The maximum Gasteiger partial charge on any atom is 0.0462 e. The van der Waals surface area contributed by atoms with Gasteiger partial charge in [0.1, 0.15) is 0 Å². The summed E-state index contributed by atoms with van der Waals surface area (Å²) in [5, 5.41) is 3.67. The van der Waals surface area contributed by atoms with E-state index in [1.807, 2.05) is 0 Å². The van der Waals surface area contributed by atoms with Gasteiger partial charge < -0.3 is 10.1 Å². The summed E-state index contributed by atoms with van der Waals surface area (Å²) < 4.78 is 5.10. The predicted octanol–water partition coefficient (Wildman–Crippen LogP) is 3.22. The van der Waals surface area contributed by atoms with Gasteiger partial charge in [-0.25, -0.2) is 0 Å². The van der Waals surface area contributed by atoms with E-state index in [0.29, 0.717) is 0 Å². The summed E-state index contributed by atoms with van der Waals surface area (Å²) in [6.45, 7) is 6.82. The van der Waals surface area contributed by atoms with Crippen molar-refractivity contribution in [3.05, 3.63) is 0 Å². The fourth-order valence-electron chi connectivity index (χ4n) is 2.27. The van der Waals surface area contributed by atoms with Crippen molar-refractivity contribution in [3.63, 3.8) is 0 Å². The van der Waals surface area contributed by atoms with Gasteiger partial charge in [0, 0.05) is 19.8 Å². The number of ether oxygens (including phenoxy) is 1. The van der Waals surface area contributed by atoms with Crippen LogP contribution in [0.15, 0.2) is 0 Å². The largest absolute Gasteiger partial charge is 0.385 e. The molecule has 2 nitrogen and oxygen atoms in total. The number of hydrogen-bond donors (Lipinski definition) is 1. The minimum Gasteiger partial charge on any atom is -0.385 e. The molecule has 1 fully saturated rings. The number of nitrogens with one attached hydrogen (secondary N) is 1. The lowest BCUT2D eigenvalue weighted by Crippen LogP contribution is -2.25. The lowest BCUT2D eigenvalue weighted by molar-refractivity contribution is 0.189. The molecule has 1 rings (SSSR count). The lowest BCUT2D eigenvalue weighted by atomic mass is 9.92. The number of rotatable bonds is 10. The molecule has 0 aromatic rings.